The molecule has 0 unspecified atom stereocenters. The first kappa shape index (κ1) is 13.6. The van der Waals surface area contributed by atoms with E-state index < -0.39 is 12.2 Å². The van der Waals surface area contributed by atoms with Crippen molar-refractivity contribution in [1.29, 1.82) is 0 Å². The minimum absolute atomic E-state index is 0.373. The van der Waals surface area contributed by atoms with Crippen molar-refractivity contribution in [2.45, 2.75) is 0 Å². The first-order valence-corrected chi connectivity index (χ1v) is 4.98. The summed E-state index contributed by atoms with van der Waals surface area (Å²) in [4.78, 5) is 22.2. The van der Waals surface area contributed by atoms with Crippen LogP contribution in [0.2, 0.25) is 0 Å². The highest BCUT2D eigenvalue weighted by Gasteiger charge is 2.09. The third kappa shape index (κ3) is 3.55. The molecular weight excluding hydrogens is 240 g/mol. The molecule has 0 heterocycles. The Balaban J connectivity index is 2.94. The number of nitrogens with one attached hydrogen (secondary N) is 2. The van der Waals surface area contributed by atoms with Gasteiger partial charge < -0.3 is 14.2 Å². The van der Waals surface area contributed by atoms with Gasteiger partial charge >= 0.3 is 12.2 Å². The highest BCUT2D eigenvalue weighted by molar-refractivity contribution is 5.90. The van der Waals surface area contributed by atoms with Crippen molar-refractivity contribution in [2.75, 3.05) is 32.0 Å². The summed E-state index contributed by atoms with van der Waals surface area (Å²) in [7, 11) is 3.97. The van der Waals surface area contributed by atoms with Crippen molar-refractivity contribution >= 4 is 23.6 Å². The zero-order chi connectivity index (χ0) is 13.5. The number of carbonyl (C=O) groups is 2. The van der Waals surface area contributed by atoms with Crippen LogP contribution >= 0.6 is 0 Å². The van der Waals surface area contributed by atoms with E-state index >= 15 is 0 Å². The van der Waals surface area contributed by atoms with Gasteiger partial charge in [-0.2, -0.15) is 0 Å². The molecule has 0 aromatic heterocycles. The van der Waals surface area contributed by atoms with Crippen LogP contribution in [0.25, 0.3) is 0 Å². The van der Waals surface area contributed by atoms with E-state index in [0.717, 1.165) is 0 Å². The summed E-state index contributed by atoms with van der Waals surface area (Å²) in [6.07, 6.45) is -1.24. The molecule has 0 aliphatic rings. The highest BCUT2D eigenvalue weighted by Crippen LogP contribution is 2.27. The number of hydrogen-bond donors (Lipinski definition) is 2. The number of amides is 2. The Kier molecular flexibility index (Phi) is 4.79. The average molecular weight is 254 g/mol. The molecule has 2 amide bonds. The Labute approximate surface area is 104 Å². The fourth-order valence-corrected chi connectivity index (χ4v) is 1.21. The Morgan fingerprint density at radius 1 is 1.00 bits per heavy atom. The van der Waals surface area contributed by atoms with E-state index in [1.54, 1.807) is 12.1 Å². The second-order valence-electron chi connectivity index (χ2n) is 3.15. The summed E-state index contributed by atoms with van der Waals surface area (Å²) >= 11 is 0. The third-order valence-electron chi connectivity index (χ3n) is 2.05. The predicted octanol–water partition coefficient (Wildman–Crippen LogP) is 2.05. The van der Waals surface area contributed by atoms with Gasteiger partial charge in [-0.3, -0.25) is 10.6 Å². The fraction of sp³-hybridized carbons (Fsp3) is 0.273. The van der Waals surface area contributed by atoms with Gasteiger partial charge in [0.25, 0.3) is 0 Å². The lowest BCUT2D eigenvalue weighted by molar-refractivity contribution is 0.186. The Bertz CT molecular complexity index is 447. The standard InChI is InChI=1S/C11H14N2O5/c1-16-9-5-4-7(12-10(14)17-2)6-8(9)13-11(15)18-3/h4-6H,1-3H3,(H,12,14)(H,13,15). The summed E-state index contributed by atoms with van der Waals surface area (Å²) in [5.74, 6) is 0.441. The SMILES string of the molecule is COC(=O)Nc1ccc(OC)c(NC(=O)OC)c1. The molecule has 0 saturated heterocycles. The van der Waals surface area contributed by atoms with Crippen LogP contribution < -0.4 is 15.4 Å². The van der Waals surface area contributed by atoms with E-state index in [2.05, 4.69) is 20.1 Å². The second-order valence-corrected chi connectivity index (χ2v) is 3.15. The molecule has 0 spiro atoms. The molecule has 1 aromatic rings. The van der Waals surface area contributed by atoms with E-state index in [-0.39, 0.29) is 0 Å². The molecule has 2 N–H and O–H groups in total. The third-order valence-corrected chi connectivity index (χ3v) is 2.05. The van der Waals surface area contributed by atoms with Crippen molar-refractivity contribution < 1.29 is 23.8 Å². The number of hydrogen-bond acceptors (Lipinski definition) is 5. The van der Waals surface area contributed by atoms with E-state index in [1.807, 2.05) is 0 Å². The van der Waals surface area contributed by atoms with Gasteiger partial charge in [0.1, 0.15) is 5.75 Å². The smallest absolute Gasteiger partial charge is 0.411 e. The first-order chi connectivity index (χ1) is 8.60. The van der Waals surface area contributed by atoms with Crippen molar-refractivity contribution in [3.8, 4) is 5.75 Å². The van der Waals surface area contributed by atoms with Crippen LogP contribution in [0.15, 0.2) is 18.2 Å². The van der Waals surface area contributed by atoms with Crippen LogP contribution in [0.1, 0.15) is 0 Å². The number of anilines is 2. The van der Waals surface area contributed by atoms with Gasteiger partial charge in [-0.15, -0.1) is 0 Å². The van der Waals surface area contributed by atoms with Crippen molar-refractivity contribution in [3.05, 3.63) is 18.2 Å². The second kappa shape index (κ2) is 6.33. The van der Waals surface area contributed by atoms with Gasteiger partial charge in [0.15, 0.2) is 0 Å². The van der Waals surface area contributed by atoms with Crippen molar-refractivity contribution in [2.24, 2.45) is 0 Å². The predicted molar refractivity (Wildman–Crippen MR) is 65.0 cm³/mol. The van der Waals surface area contributed by atoms with Crippen LogP contribution in [-0.2, 0) is 9.47 Å². The molecule has 0 fully saturated rings. The zero-order valence-electron chi connectivity index (χ0n) is 10.3. The summed E-state index contributed by atoms with van der Waals surface area (Å²) in [6.45, 7) is 0. The summed E-state index contributed by atoms with van der Waals surface area (Å²) in [5.41, 5.74) is 0.826. The van der Waals surface area contributed by atoms with Gasteiger partial charge in [-0.05, 0) is 18.2 Å². The molecular formula is C11H14N2O5. The zero-order valence-corrected chi connectivity index (χ0v) is 10.3. The fourth-order valence-electron chi connectivity index (χ4n) is 1.21. The van der Waals surface area contributed by atoms with Gasteiger partial charge in [-0.1, -0.05) is 0 Å². The maximum atomic E-state index is 11.1. The molecule has 7 heteroatoms. The topological polar surface area (TPSA) is 85.9 Å². The molecule has 0 aliphatic heterocycles. The lowest BCUT2D eigenvalue weighted by Crippen LogP contribution is -2.14. The molecule has 0 bridgehead atoms. The molecule has 1 aromatic carbocycles. The molecule has 0 atom stereocenters. The lowest BCUT2D eigenvalue weighted by Gasteiger charge is -2.11. The lowest BCUT2D eigenvalue weighted by atomic mass is 10.2. The molecule has 0 saturated carbocycles. The maximum absolute atomic E-state index is 11.1. The van der Waals surface area contributed by atoms with Gasteiger partial charge in [0.2, 0.25) is 0 Å². The van der Waals surface area contributed by atoms with Crippen LogP contribution in [0.4, 0.5) is 21.0 Å². The van der Waals surface area contributed by atoms with Gasteiger partial charge in [0, 0.05) is 5.69 Å². The minimum atomic E-state index is -0.636. The molecule has 7 nitrogen and oxygen atoms in total. The monoisotopic (exact) mass is 254 g/mol. The number of ether oxygens (including phenoxy) is 3. The van der Waals surface area contributed by atoms with Gasteiger partial charge in [0.05, 0.1) is 27.0 Å². The number of benzene rings is 1. The molecule has 18 heavy (non-hydrogen) atoms. The molecule has 98 valence electrons. The van der Waals surface area contributed by atoms with Crippen LogP contribution in [-0.4, -0.2) is 33.5 Å². The number of methoxy groups -OCH3 is 3. The Hall–Kier alpha value is -2.44. The average Bonchev–Trinajstić information content (AvgIpc) is 2.38. The number of carbonyl (C=O) groups excluding carboxylic acids is 2. The summed E-state index contributed by atoms with van der Waals surface area (Å²) < 4.78 is 14.0. The Morgan fingerprint density at radius 3 is 2.17 bits per heavy atom. The number of rotatable bonds is 3. The van der Waals surface area contributed by atoms with Crippen molar-refractivity contribution in [1.82, 2.24) is 0 Å². The van der Waals surface area contributed by atoms with E-state index in [0.29, 0.717) is 17.1 Å². The molecule has 1 rings (SSSR count). The van der Waals surface area contributed by atoms with E-state index in [9.17, 15) is 9.59 Å². The quantitative estimate of drug-likeness (QED) is 0.862. The largest absolute Gasteiger partial charge is 0.495 e. The van der Waals surface area contributed by atoms with E-state index in [4.69, 9.17) is 4.74 Å². The van der Waals surface area contributed by atoms with E-state index in [1.165, 1.54) is 27.4 Å². The van der Waals surface area contributed by atoms with Gasteiger partial charge in [-0.25, -0.2) is 9.59 Å². The first-order valence-electron chi connectivity index (χ1n) is 4.98. The van der Waals surface area contributed by atoms with Crippen LogP contribution in [0.5, 0.6) is 5.75 Å². The van der Waals surface area contributed by atoms with Crippen LogP contribution in [0.3, 0.4) is 0 Å². The normalized spacial score (nSPS) is 9.28. The highest BCUT2D eigenvalue weighted by atomic mass is 16.5. The van der Waals surface area contributed by atoms with Crippen LogP contribution in [0, 0.1) is 0 Å². The molecule has 0 aliphatic carbocycles. The maximum Gasteiger partial charge on any atom is 0.411 e. The summed E-state index contributed by atoms with van der Waals surface area (Å²) in [6, 6.07) is 4.72. The minimum Gasteiger partial charge on any atom is -0.495 e. The Morgan fingerprint density at radius 2 is 1.61 bits per heavy atom. The summed E-state index contributed by atoms with van der Waals surface area (Å²) in [5, 5.41) is 4.93. The molecule has 0 radical (unpaired) electrons. The van der Waals surface area contributed by atoms with Crippen molar-refractivity contribution in [3.63, 3.8) is 0 Å².